The number of benzene rings is 1. The van der Waals surface area contributed by atoms with Gasteiger partial charge in [-0.15, -0.1) is 0 Å². The number of amides is 1. The maximum Gasteiger partial charge on any atom is 0.246 e. The van der Waals surface area contributed by atoms with Gasteiger partial charge in [-0.05, 0) is 31.2 Å². The lowest BCUT2D eigenvalue weighted by atomic mass is 10.0. The van der Waals surface area contributed by atoms with E-state index < -0.39 is 5.82 Å². The molecule has 2 aromatic heterocycles. The molecule has 10 heteroatoms. The van der Waals surface area contributed by atoms with Crippen molar-refractivity contribution in [1.82, 2.24) is 19.9 Å². The molecule has 1 N–H and O–H groups in total. The first kappa shape index (κ1) is 20.3. The standard InChI is InChI=1S/C20H16Cl2FN5O2/c1-3-16(29)28-8-14(10(28)2)30-15-7-6-13-19(27-15)20(25-9-24-13)26-12-5-4-11(21)17(22)18(12)23/h3-7,9-10,14H,1,8H2,2H3,(H,24,25,26)/t10-,14+/m1/s1. The fraction of sp³-hybridized carbons (Fsp3) is 0.200. The molecule has 0 aliphatic carbocycles. The molecular formula is C20H16Cl2FN5O2. The Kier molecular flexibility index (Phi) is 5.44. The number of ether oxygens (including phenoxy) is 1. The van der Waals surface area contributed by atoms with Crippen LogP contribution in [0.2, 0.25) is 10.0 Å². The lowest BCUT2D eigenvalue weighted by molar-refractivity contribution is -0.141. The zero-order valence-corrected chi connectivity index (χ0v) is 17.3. The molecule has 1 amide bonds. The van der Waals surface area contributed by atoms with E-state index in [1.807, 2.05) is 6.92 Å². The molecule has 7 nitrogen and oxygen atoms in total. The van der Waals surface area contributed by atoms with Crippen molar-refractivity contribution in [3.63, 3.8) is 0 Å². The minimum Gasteiger partial charge on any atom is -0.470 e. The number of pyridine rings is 1. The predicted molar refractivity (Wildman–Crippen MR) is 113 cm³/mol. The summed E-state index contributed by atoms with van der Waals surface area (Å²) in [5.74, 6) is -0.207. The molecule has 1 aromatic carbocycles. The number of nitrogens with one attached hydrogen (secondary N) is 1. The van der Waals surface area contributed by atoms with E-state index in [-0.39, 0.29) is 39.6 Å². The van der Waals surface area contributed by atoms with Crippen LogP contribution in [0.5, 0.6) is 5.88 Å². The molecule has 0 saturated carbocycles. The van der Waals surface area contributed by atoms with Crippen molar-refractivity contribution >= 4 is 51.6 Å². The van der Waals surface area contributed by atoms with Crippen LogP contribution in [-0.4, -0.2) is 44.4 Å². The normalized spacial score (nSPS) is 18.1. The molecular weight excluding hydrogens is 432 g/mol. The molecule has 0 spiro atoms. The van der Waals surface area contributed by atoms with E-state index in [2.05, 4.69) is 26.8 Å². The third-order valence-electron chi connectivity index (χ3n) is 4.88. The number of hydrogen-bond acceptors (Lipinski definition) is 6. The molecule has 154 valence electrons. The summed E-state index contributed by atoms with van der Waals surface area (Å²) in [6.07, 6.45) is 2.42. The van der Waals surface area contributed by atoms with E-state index in [0.29, 0.717) is 23.5 Å². The van der Waals surface area contributed by atoms with Crippen LogP contribution in [-0.2, 0) is 4.79 Å². The largest absolute Gasteiger partial charge is 0.470 e. The Morgan fingerprint density at radius 1 is 1.33 bits per heavy atom. The highest BCUT2D eigenvalue weighted by atomic mass is 35.5. The lowest BCUT2D eigenvalue weighted by Gasteiger charge is -2.44. The maximum atomic E-state index is 14.4. The molecule has 1 saturated heterocycles. The fourth-order valence-electron chi connectivity index (χ4n) is 3.10. The smallest absolute Gasteiger partial charge is 0.246 e. The van der Waals surface area contributed by atoms with Gasteiger partial charge in [0.25, 0.3) is 0 Å². The van der Waals surface area contributed by atoms with Crippen molar-refractivity contribution < 1.29 is 13.9 Å². The van der Waals surface area contributed by atoms with E-state index in [4.69, 9.17) is 27.9 Å². The Morgan fingerprint density at radius 2 is 2.13 bits per heavy atom. The minimum atomic E-state index is -0.696. The molecule has 0 bridgehead atoms. The van der Waals surface area contributed by atoms with Gasteiger partial charge in [0.05, 0.1) is 33.8 Å². The second-order valence-electron chi connectivity index (χ2n) is 6.68. The van der Waals surface area contributed by atoms with Gasteiger partial charge in [0.2, 0.25) is 11.8 Å². The molecule has 1 fully saturated rings. The molecule has 1 aliphatic heterocycles. The monoisotopic (exact) mass is 447 g/mol. The van der Waals surface area contributed by atoms with E-state index in [0.717, 1.165) is 0 Å². The van der Waals surface area contributed by atoms with Gasteiger partial charge < -0.3 is 15.0 Å². The number of carbonyl (C=O) groups excluding carboxylic acids is 1. The van der Waals surface area contributed by atoms with Crippen molar-refractivity contribution in [1.29, 1.82) is 0 Å². The van der Waals surface area contributed by atoms with Crippen LogP contribution < -0.4 is 10.1 Å². The van der Waals surface area contributed by atoms with Crippen molar-refractivity contribution in [2.24, 2.45) is 0 Å². The Morgan fingerprint density at radius 3 is 2.87 bits per heavy atom. The summed E-state index contributed by atoms with van der Waals surface area (Å²) in [7, 11) is 0. The number of aromatic nitrogens is 3. The van der Waals surface area contributed by atoms with Crippen LogP contribution in [0.25, 0.3) is 11.0 Å². The summed E-state index contributed by atoms with van der Waals surface area (Å²) in [5, 5.41) is 2.80. The number of carbonyl (C=O) groups is 1. The SMILES string of the molecule is C=CC(=O)N1C[C@H](Oc2ccc3ncnc(Nc4ccc(Cl)c(Cl)c4F)c3n2)[C@H]1C. The summed E-state index contributed by atoms with van der Waals surface area (Å²) < 4.78 is 20.3. The minimum absolute atomic E-state index is 0.101. The van der Waals surface area contributed by atoms with Crippen LogP contribution in [0, 0.1) is 5.82 Å². The molecule has 4 rings (SSSR count). The Bertz CT molecular complexity index is 1160. The first-order valence-electron chi connectivity index (χ1n) is 9.01. The zero-order chi connectivity index (χ0) is 21.4. The average molecular weight is 448 g/mol. The predicted octanol–water partition coefficient (Wildman–Crippen LogP) is 4.38. The Balaban J connectivity index is 1.60. The second kappa shape index (κ2) is 8.04. The van der Waals surface area contributed by atoms with Crippen LogP contribution in [0.15, 0.2) is 43.2 Å². The van der Waals surface area contributed by atoms with Gasteiger partial charge in [-0.2, -0.15) is 0 Å². The molecule has 2 atom stereocenters. The number of fused-ring (bicyclic) bond motifs is 1. The summed E-state index contributed by atoms with van der Waals surface area (Å²) in [6, 6.07) is 6.24. The van der Waals surface area contributed by atoms with Gasteiger partial charge in [0, 0.05) is 6.07 Å². The van der Waals surface area contributed by atoms with Gasteiger partial charge >= 0.3 is 0 Å². The molecule has 0 radical (unpaired) electrons. The maximum absolute atomic E-state index is 14.4. The molecule has 3 aromatic rings. The zero-order valence-electron chi connectivity index (χ0n) is 15.8. The van der Waals surface area contributed by atoms with Crippen molar-refractivity contribution in [3.8, 4) is 5.88 Å². The van der Waals surface area contributed by atoms with Crippen molar-refractivity contribution in [3.05, 3.63) is 59.1 Å². The quantitative estimate of drug-likeness (QED) is 0.461. The molecule has 0 unspecified atom stereocenters. The van der Waals surface area contributed by atoms with Gasteiger partial charge in [-0.25, -0.2) is 19.3 Å². The second-order valence-corrected chi connectivity index (χ2v) is 7.46. The number of hydrogen-bond donors (Lipinski definition) is 1. The first-order chi connectivity index (χ1) is 14.4. The van der Waals surface area contributed by atoms with E-state index >= 15 is 0 Å². The van der Waals surface area contributed by atoms with Gasteiger partial charge in [-0.3, -0.25) is 4.79 Å². The number of anilines is 2. The van der Waals surface area contributed by atoms with E-state index in [9.17, 15) is 9.18 Å². The highest BCUT2D eigenvalue weighted by Crippen LogP contribution is 2.33. The molecule has 3 heterocycles. The number of rotatable bonds is 5. The third-order valence-corrected chi connectivity index (χ3v) is 5.66. The summed E-state index contributed by atoms with van der Waals surface area (Å²) >= 11 is 11.7. The highest BCUT2D eigenvalue weighted by Gasteiger charge is 2.39. The van der Waals surface area contributed by atoms with Gasteiger partial charge in [0.15, 0.2) is 11.6 Å². The highest BCUT2D eigenvalue weighted by molar-refractivity contribution is 6.42. The van der Waals surface area contributed by atoms with Gasteiger partial charge in [-0.1, -0.05) is 29.8 Å². The van der Waals surface area contributed by atoms with Crippen molar-refractivity contribution in [2.75, 3.05) is 11.9 Å². The lowest BCUT2D eigenvalue weighted by Crippen LogP contribution is -2.62. The van der Waals surface area contributed by atoms with E-state index in [1.165, 1.54) is 24.5 Å². The molecule has 30 heavy (non-hydrogen) atoms. The van der Waals surface area contributed by atoms with Gasteiger partial charge in [0.1, 0.15) is 17.9 Å². The Labute approximate surface area is 181 Å². The number of likely N-dealkylation sites (tertiary alicyclic amines) is 1. The average Bonchev–Trinajstić information content (AvgIpc) is 2.76. The topological polar surface area (TPSA) is 80.2 Å². The van der Waals surface area contributed by atoms with Crippen LogP contribution in [0.1, 0.15) is 6.92 Å². The van der Waals surface area contributed by atoms with E-state index in [1.54, 1.807) is 17.0 Å². The summed E-state index contributed by atoms with van der Waals surface area (Å²) in [4.78, 5) is 26.2. The summed E-state index contributed by atoms with van der Waals surface area (Å²) in [6.45, 7) is 5.82. The number of halogens is 3. The van der Waals surface area contributed by atoms with Crippen LogP contribution in [0.4, 0.5) is 15.9 Å². The Hall–Kier alpha value is -2.97. The van der Waals surface area contributed by atoms with Crippen molar-refractivity contribution in [2.45, 2.75) is 19.1 Å². The molecule has 1 aliphatic rings. The fourth-order valence-corrected chi connectivity index (χ4v) is 3.41. The number of nitrogens with zero attached hydrogens (tertiary/aromatic N) is 4. The first-order valence-corrected chi connectivity index (χ1v) is 9.76. The third kappa shape index (κ3) is 3.64. The summed E-state index contributed by atoms with van der Waals surface area (Å²) in [5.41, 5.74) is 1.04. The van der Waals surface area contributed by atoms with Crippen LogP contribution in [0.3, 0.4) is 0 Å². The van der Waals surface area contributed by atoms with Crippen LogP contribution >= 0.6 is 23.2 Å².